The van der Waals surface area contributed by atoms with Gasteiger partial charge in [-0.2, -0.15) is 0 Å². The van der Waals surface area contributed by atoms with Crippen molar-refractivity contribution in [3.05, 3.63) is 0 Å². The minimum Gasteiger partial charge on any atom is -0.417 e. The van der Waals surface area contributed by atoms with E-state index in [0.29, 0.717) is 5.04 Å². The van der Waals surface area contributed by atoms with Crippen molar-refractivity contribution in [2.24, 2.45) is 0 Å². The van der Waals surface area contributed by atoms with Crippen LogP contribution in [0, 0.1) is 0 Å². The molecule has 100 valence electrons. The van der Waals surface area contributed by atoms with Crippen LogP contribution in [0.1, 0.15) is 52.9 Å². The largest absolute Gasteiger partial charge is 0.468 e. The van der Waals surface area contributed by atoms with E-state index < -0.39 is 8.32 Å². The van der Waals surface area contributed by atoms with Crippen LogP contribution in [0.3, 0.4) is 0 Å². The van der Waals surface area contributed by atoms with Crippen LogP contribution >= 0.6 is 12.9 Å². The Kier molecular flexibility index (Phi) is 10.1. The Morgan fingerprint density at radius 3 is 2.06 bits per heavy atom. The molecule has 0 aliphatic rings. The first-order chi connectivity index (χ1) is 7.81. The van der Waals surface area contributed by atoms with Gasteiger partial charge in [0.05, 0.1) is 0 Å². The predicted octanol–water partition coefficient (Wildman–Crippen LogP) is 5.39. The van der Waals surface area contributed by atoms with Gasteiger partial charge in [0.15, 0.2) is 8.32 Å². The molecule has 0 aromatic carbocycles. The third-order valence-electron chi connectivity index (χ3n) is 3.80. The maximum absolute atomic E-state index is 6.16. The number of unbranched alkanes of at least 4 members (excludes halogenated alkanes) is 4. The van der Waals surface area contributed by atoms with E-state index in [-0.39, 0.29) is 18.2 Å². The SMILES string of the molecule is CC(C)(C)[Si](C)(C)OCCCCCC[CH2][Mg][Br]. The molecule has 0 aromatic rings. The lowest BCUT2D eigenvalue weighted by Crippen LogP contribution is -2.40. The van der Waals surface area contributed by atoms with E-state index in [1.54, 1.807) is 0 Å². The molecule has 17 heavy (non-hydrogen) atoms. The van der Waals surface area contributed by atoms with E-state index in [9.17, 15) is 0 Å². The van der Waals surface area contributed by atoms with Gasteiger partial charge in [-0.05, 0) is 24.6 Å². The first kappa shape index (κ1) is 18.4. The van der Waals surface area contributed by atoms with Crippen molar-refractivity contribution in [1.82, 2.24) is 0 Å². The molecular formula is C13H29BrMgOSi. The smallest absolute Gasteiger partial charge is 0.417 e. The summed E-state index contributed by atoms with van der Waals surface area (Å²) < 4.78 is 7.62. The minimum absolute atomic E-state index is 0.129. The molecule has 0 atom stereocenters. The average Bonchev–Trinajstić information content (AvgIpc) is 2.20. The maximum atomic E-state index is 6.16. The van der Waals surface area contributed by atoms with E-state index in [2.05, 4.69) is 46.7 Å². The second-order valence-corrected chi connectivity index (χ2v) is 14.7. The topological polar surface area (TPSA) is 9.23 Å². The molecule has 4 heteroatoms. The Hall–Kier alpha value is 1.42. The Morgan fingerprint density at radius 1 is 1.00 bits per heavy atom. The van der Waals surface area contributed by atoms with Crippen LogP contribution in [0.2, 0.25) is 22.7 Å². The second kappa shape index (κ2) is 9.35. The molecule has 0 aliphatic heterocycles. The summed E-state index contributed by atoms with van der Waals surface area (Å²) in [5.74, 6) is 0. The third kappa shape index (κ3) is 9.03. The molecule has 0 saturated carbocycles. The highest BCUT2D eigenvalue weighted by Gasteiger charge is 2.36. The van der Waals surface area contributed by atoms with Crippen molar-refractivity contribution in [1.29, 1.82) is 0 Å². The molecule has 0 saturated heterocycles. The minimum atomic E-state index is -1.49. The van der Waals surface area contributed by atoms with Gasteiger partial charge in [-0.15, -0.1) is 4.55 Å². The molecule has 0 rings (SSSR count). The van der Waals surface area contributed by atoms with Crippen LogP contribution in [0.5, 0.6) is 0 Å². The molecule has 0 N–H and O–H groups in total. The fraction of sp³-hybridized carbons (Fsp3) is 1.00. The zero-order valence-corrected chi connectivity index (χ0v) is 16.4. The lowest BCUT2D eigenvalue weighted by atomic mass is 10.2. The number of hydrogen-bond acceptors (Lipinski definition) is 1. The van der Waals surface area contributed by atoms with Gasteiger partial charge < -0.3 is 17.3 Å². The first-order valence-electron chi connectivity index (χ1n) is 7.01. The summed E-state index contributed by atoms with van der Waals surface area (Å²) >= 11 is 3.74. The number of halogens is 1. The molecule has 0 fully saturated rings. The summed E-state index contributed by atoms with van der Waals surface area (Å²) in [5, 5.41) is 0.355. The van der Waals surface area contributed by atoms with Crippen molar-refractivity contribution >= 4 is 39.4 Å². The maximum Gasteiger partial charge on any atom is 0.468 e. The van der Waals surface area contributed by atoms with Crippen molar-refractivity contribution in [2.45, 2.75) is 75.6 Å². The highest BCUT2D eigenvalue weighted by molar-refractivity contribution is 9.23. The van der Waals surface area contributed by atoms with Crippen molar-refractivity contribution in [3.8, 4) is 0 Å². The number of hydrogen-bond donors (Lipinski definition) is 0. The van der Waals surface area contributed by atoms with Gasteiger partial charge in [0.2, 0.25) is 0 Å². The summed E-state index contributed by atoms with van der Waals surface area (Å²) in [4.78, 5) is 0. The van der Waals surface area contributed by atoms with Crippen molar-refractivity contribution < 1.29 is 4.43 Å². The Balaban J connectivity index is 3.46. The lowest BCUT2D eigenvalue weighted by molar-refractivity contribution is 0.277. The molecule has 1 nitrogen and oxygen atoms in total. The Labute approximate surface area is 125 Å². The van der Waals surface area contributed by atoms with Gasteiger partial charge in [0.25, 0.3) is 0 Å². The van der Waals surface area contributed by atoms with Crippen molar-refractivity contribution in [3.63, 3.8) is 0 Å². The molecule has 0 radical (unpaired) electrons. The molecule has 0 spiro atoms. The van der Waals surface area contributed by atoms with Crippen molar-refractivity contribution in [2.75, 3.05) is 6.61 Å². The van der Waals surface area contributed by atoms with Crippen LogP contribution in [0.25, 0.3) is 0 Å². The van der Waals surface area contributed by atoms with Gasteiger partial charge in [-0.25, -0.2) is 0 Å². The molecule has 0 unspecified atom stereocenters. The van der Waals surface area contributed by atoms with Crippen LogP contribution in [-0.2, 0) is 4.43 Å². The number of rotatable bonds is 9. The summed E-state index contributed by atoms with van der Waals surface area (Å²) in [6, 6.07) is 0. The predicted molar refractivity (Wildman–Crippen MR) is 85.7 cm³/mol. The van der Waals surface area contributed by atoms with Gasteiger partial charge in [-0.3, -0.25) is 0 Å². The van der Waals surface area contributed by atoms with Crippen LogP contribution in [0.15, 0.2) is 0 Å². The van der Waals surface area contributed by atoms with E-state index in [1.807, 2.05) is 0 Å². The summed E-state index contributed by atoms with van der Waals surface area (Å²) in [5.41, 5.74) is 0. The lowest BCUT2D eigenvalue weighted by Gasteiger charge is -2.36. The fourth-order valence-electron chi connectivity index (χ4n) is 1.45. The zero-order valence-electron chi connectivity index (χ0n) is 12.4. The standard InChI is InChI=1S/C13H29OSi.BrH.Mg/c1-7-8-9-10-11-12-14-15(5,6)13(2,3)4;;/h1,7-12H2,2-6H3;1H;/q;;+1/p-1. The Morgan fingerprint density at radius 2 is 1.53 bits per heavy atom. The van der Waals surface area contributed by atoms with E-state index in [0.717, 1.165) is 6.61 Å². The van der Waals surface area contributed by atoms with Crippen LogP contribution < -0.4 is 0 Å². The second-order valence-electron chi connectivity index (χ2n) is 6.42. The average molecular weight is 334 g/mol. The molecule has 0 amide bonds. The molecule has 0 aromatic heterocycles. The molecule has 0 aliphatic carbocycles. The molecule has 0 heterocycles. The normalized spacial score (nSPS) is 12.6. The zero-order chi connectivity index (χ0) is 13.4. The summed E-state index contributed by atoms with van der Waals surface area (Å²) in [6.07, 6.45) is 6.83. The highest BCUT2D eigenvalue weighted by Crippen LogP contribution is 2.36. The van der Waals surface area contributed by atoms with Crippen LogP contribution in [-0.4, -0.2) is 33.1 Å². The molecule has 0 bridgehead atoms. The monoisotopic (exact) mass is 332 g/mol. The van der Waals surface area contributed by atoms with Gasteiger partial charge in [-0.1, -0.05) is 46.5 Å². The van der Waals surface area contributed by atoms with Gasteiger partial charge >= 0.3 is 18.2 Å². The summed E-state index contributed by atoms with van der Waals surface area (Å²) in [6.45, 7) is 12.6. The van der Waals surface area contributed by atoms with E-state index in [1.165, 1.54) is 36.7 Å². The highest BCUT2D eigenvalue weighted by atomic mass is 79.9. The van der Waals surface area contributed by atoms with Gasteiger partial charge in [0, 0.05) is 6.61 Å². The molecular weight excluding hydrogens is 304 g/mol. The third-order valence-corrected chi connectivity index (χ3v) is 10.8. The van der Waals surface area contributed by atoms with E-state index >= 15 is 0 Å². The first-order valence-corrected chi connectivity index (χ1v) is 14.8. The quantitative estimate of drug-likeness (QED) is 0.406. The van der Waals surface area contributed by atoms with Crippen LogP contribution in [0.4, 0.5) is 0 Å². The van der Waals surface area contributed by atoms with Gasteiger partial charge in [0.1, 0.15) is 0 Å². The van der Waals surface area contributed by atoms with E-state index in [4.69, 9.17) is 4.43 Å². The Bertz CT molecular complexity index is 192. The summed E-state index contributed by atoms with van der Waals surface area (Å²) in [7, 11) is -1.49. The fourth-order valence-corrected chi connectivity index (χ4v) is 4.27.